The van der Waals surface area contributed by atoms with Crippen LogP contribution in [-0.4, -0.2) is 39.9 Å². The molecule has 0 unspecified atom stereocenters. The molecule has 0 radical (unpaired) electrons. The summed E-state index contributed by atoms with van der Waals surface area (Å²) in [4.78, 5) is 11.6. The van der Waals surface area contributed by atoms with Gasteiger partial charge >= 0.3 is 0 Å². The molecular weight excluding hydrogens is 290 g/mol. The molecule has 0 bridgehead atoms. The monoisotopic (exact) mass is 309 g/mol. The maximum absolute atomic E-state index is 5.72. The van der Waals surface area contributed by atoms with Gasteiger partial charge in [-0.1, -0.05) is 12.1 Å². The van der Waals surface area contributed by atoms with E-state index in [1.54, 1.807) is 0 Å². The summed E-state index contributed by atoms with van der Waals surface area (Å²) in [5.41, 5.74) is 5.11. The Bertz CT molecular complexity index is 824. The summed E-state index contributed by atoms with van der Waals surface area (Å²) >= 11 is 0. The number of hydrogen-bond donors (Lipinski definition) is 1. The lowest BCUT2D eigenvalue weighted by Gasteiger charge is -2.36. The zero-order valence-corrected chi connectivity index (χ0v) is 13.3. The Morgan fingerprint density at radius 1 is 1.22 bits per heavy atom. The number of aryl methyl sites for hydroxylation is 2. The van der Waals surface area contributed by atoms with Crippen LogP contribution >= 0.6 is 0 Å². The van der Waals surface area contributed by atoms with E-state index in [0.717, 1.165) is 34.8 Å². The van der Waals surface area contributed by atoms with Gasteiger partial charge in [-0.2, -0.15) is 5.10 Å². The first-order valence-electron chi connectivity index (χ1n) is 7.81. The van der Waals surface area contributed by atoms with Crippen molar-refractivity contribution in [1.29, 1.82) is 0 Å². The third-order valence-corrected chi connectivity index (χ3v) is 4.38. The minimum absolute atomic E-state index is 0.109. The highest BCUT2D eigenvalue weighted by molar-refractivity contribution is 5.75. The van der Waals surface area contributed by atoms with Crippen molar-refractivity contribution in [3.05, 3.63) is 47.4 Å². The van der Waals surface area contributed by atoms with Crippen LogP contribution in [-0.2, 0) is 4.74 Å². The lowest BCUT2D eigenvalue weighted by Crippen LogP contribution is -2.40. The van der Waals surface area contributed by atoms with Crippen molar-refractivity contribution in [2.75, 3.05) is 24.7 Å². The molecule has 1 N–H and O–H groups in total. The van der Waals surface area contributed by atoms with Gasteiger partial charge in [-0.15, -0.1) is 0 Å². The maximum atomic E-state index is 5.72. The number of para-hydroxylation sites is 2. The summed E-state index contributed by atoms with van der Waals surface area (Å²) in [6.45, 7) is 6.20. The van der Waals surface area contributed by atoms with Crippen LogP contribution in [0.25, 0.3) is 11.0 Å². The van der Waals surface area contributed by atoms with Gasteiger partial charge in [0.1, 0.15) is 5.82 Å². The summed E-state index contributed by atoms with van der Waals surface area (Å²) in [5, 5.41) is 7.39. The van der Waals surface area contributed by atoms with E-state index in [9.17, 15) is 0 Å². The van der Waals surface area contributed by atoms with Crippen LogP contribution in [0, 0.1) is 13.8 Å². The van der Waals surface area contributed by atoms with Crippen LogP contribution in [0.1, 0.15) is 23.0 Å². The van der Waals surface area contributed by atoms with Crippen molar-refractivity contribution in [2.24, 2.45) is 0 Å². The number of hydrogen-bond acceptors (Lipinski definition) is 5. The molecule has 0 saturated carbocycles. The van der Waals surface area contributed by atoms with Gasteiger partial charge in [0.15, 0.2) is 0 Å². The number of nitrogens with one attached hydrogen (secondary N) is 1. The van der Waals surface area contributed by atoms with E-state index in [1.165, 1.54) is 5.56 Å². The molecule has 2 aromatic heterocycles. The lowest BCUT2D eigenvalue weighted by atomic mass is 10.0. The van der Waals surface area contributed by atoms with Gasteiger partial charge in [0.25, 0.3) is 0 Å². The van der Waals surface area contributed by atoms with E-state index in [0.29, 0.717) is 13.2 Å². The molecule has 6 heteroatoms. The number of aromatic nitrogens is 4. The smallest absolute Gasteiger partial charge is 0.148 e. The first-order valence-corrected chi connectivity index (χ1v) is 7.81. The molecule has 6 nitrogen and oxygen atoms in total. The molecular formula is C17H19N5O. The normalized spacial score (nSPS) is 18.5. The summed E-state index contributed by atoms with van der Waals surface area (Å²) in [5.74, 6) is 0.886. The summed E-state index contributed by atoms with van der Waals surface area (Å²) in [7, 11) is 0. The van der Waals surface area contributed by atoms with Crippen LogP contribution in [0.3, 0.4) is 0 Å². The Kier molecular flexibility index (Phi) is 3.46. The second-order valence-electron chi connectivity index (χ2n) is 5.85. The third-order valence-electron chi connectivity index (χ3n) is 4.38. The SMILES string of the molecule is Cc1n[nH]c(C)c1[C@@H]1COCCN1c1cnc2ccccc2n1. The molecule has 1 atom stereocenters. The number of nitrogens with zero attached hydrogens (tertiary/aromatic N) is 4. The van der Waals surface area contributed by atoms with Crippen molar-refractivity contribution >= 4 is 16.9 Å². The Balaban J connectivity index is 1.77. The highest BCUT2D eigenvalue weighted by Gasteiger charge is 2.29. The molecule has 118 valence electrons. The lowest BCUT2D eigenvalue weighted by molar-refractivity contribution is 0.0934. The molecule has 0 amide bonds. The van der Waals surface area contributed by atoms with E-state index >= 15 is 0 Å². The Morgan fingerprint density at radius 2 is 2.04 bits per heavy atom. The van der Waals surface area contributed by atoms with E-state index in [2.05, 4.69) is 20.1 Å². The summed E-state index contributed by atoms with van der Waals surface area (Å²) in [6, 6.07) is 8.05. The average molecular weight is 309 g/mol. The summed E-state index contributed by atoms with van der Waals surface area (Å²) in [6.07, 6.45) is 1.85. The number of anilines is 1. The minimum Gasteiger partial charge on any atom is -0.377 e. The number of H-pyrrole nitrogens is 1. The van der Waals surface area contributed by atoms with Gasteiger partial charge in [-0.3, -0.25) is 10.1 Å². The van der Waals surface area contributed by atoms with Crippen LogP contribution in [0.2, 0.25) is 0 Å². The van der Waals surface area contributed by atoms with Gasteiger partial charge < -0.3 is 9.64 Å². The highest BCUT2D eigenvalue weighted by Crippen LogP contribution is 2.31. The molecule has 0 aliphatic carbocycles. The number of rotatable bonds is 2. The predicted octanol–water partition coefficient (Wildman–Crippen LogP) is 2.55. The first kappa shape index (κ1) is 14.1. The van der Waals surface area contributed by atoms with Crippen molar-refractivity contribution in [1.82, 2.24) is 20.2 Å². The number of benzene rings is 1. The Hall–Kier alpha value is -2.47. The number of ether oxygens (including phenoxy) is 1. The van der Waals surface area contributed by atoms with E-state index < -0.39 is 0 Å². The first-order chi connectivity index (χ1) is 11.2. The molecule has 4 rings (SSSR count). The largest absolute Gasteiger partial charge is 0.377 e. The molecule has 1 aliphatic rings. The molecule has 3 aromatic rings. The van der Waals surface area contributed by atoms with Crippen molar-refractivity contribution in [2.45, 2.75) is 19.9 Å². The zero-order chi connectivity index (χ0) is 15.8. The van der Waals surface area contributed by atoms with E-state index in [-0.39, 0.29) is 6.04 Å². The Labute approximate surface area is 134 Å². The molecule has 3 heterocycles. The van der Waals surface area contributed by atoms with Gasteiger partial charge in [0, 0.05) is 17.8 Å². The summed E-state index contributed by atoms with van der Waals surface area (Å²) < 4.78 is 5.72. The second-order valence-corrected chi connectivity index (χ2v) is 5.85. The maximum Gasteiger partial charge on any atom is 0.148 e. The molecule has 1 fully saturated rings. The second kappa shape index (κ2) is 5.62. The fraction of sp³-hybridized carbons (Fsp3) is 0.353. The fourth-order valence-electron chi connectivity index (χ4n) is 3.25. The molecule has 1 saturated heterocycles. The predicted molar refractivity (Wildman–Crippen MR) is 88.5 cm³/mol. The third kappa shape index (κ3) is 2.45. The van der Waals surface area contributed by atoms with Gasteiger partial charge in [0.05, 0.1) is 42.2 Å². The zero-order valence-electron chi connectivity index (χ0n) is 13.3. The van der Waals surface area contributed by atoms with E-state index in [4.69, 9.17) is 9.72 Å². The van der Waals surface area contributed by atoms with Crippen molar-refractivity contribution in [3.63, 3.8) is 0 Å². The van der Waals surface area contributed by atoms with Crippen LogP contribution in [0.15, 0.2) is 30.5 Å². The molecule has 23 heavy (non-hydrogen) atoms. The molecule has 1 aromatic carbocycles. The van der Waals surface area contributed by atoms with Crippen molar-refractivity contribution in [3.8, 4) is 0 Å². The number of morpholine rings is 1. The number of fused-ring (bicyclic) bond motifs is 1. The Morgan fingerprint density at radius 3 is 2.83 bits per heavy atom. The number of aromatic amines is 1. The van der Waals surface area contributed by atoms with E-state index in [1.807, 2.05) is 44.3 Å². The van der Waals surface area contributed by atoms with Crippen LogP contribution in [0.5, 0.6) is 0 Å². The van der Waals surface area contributed by atoms with Crippen LogP contribution in [0.4, 0.5) is 5.82 Å². The highest BCUT2D eigenvalue weighted by atomic mass is 16.5. The van der Waals surface area contributed by atoms with Gasteiger partial charge in [-0.25, -0.2) is 4.98 Å². The topological polar surface area (TPSA) is 66.9 Å². The molecule has 0 spiro atoms. The average Bonchev–Trinajstić information content (AvgIpc) is 2.93. The standard InChI is InChI=1S/C17H19N5O/c1-11-17(12(2)21-20-11)15-10-23-8-7-22(15)16-9-18-13-5-3-4-6-14(13)19-16/h3-6,9,15H,7-8,10H2,1-2H3,(H,20,21)/t15-/m0/s1. The fourth-order valence-corrected chi connectivity index (χ4v) is 3.25. The minimum atomic E-state index is 0.109. The van der Waals surface area contributed by atoms with Crippen LogP contribution < -0.4 is 4.90 Å². The van der Waals surface area contributed by atoms with Crippen molar-refractivity contribution < 1.29 is 4.74 Å². The van der Waals surface area contributed by atoms with Gasteiger partial charge in [0.2, 0.25) is 0 Å². The molecule has 1 aliphatic heterocycles. The quantitative estimate of drug-likeness (QED) is 0.788. The van der Waals surface area contributed by atoms with Gasteiger partial charge in [-0.05, 0) is 26.0 Å².